The summed E-state index contributed by atoms with van der Waals surface area (Å²) < 4.78 is 18.8. The molecule has 8 fully saturated rings. The van der Waals surface area contributed by atoms with Gasteiger partial charge >= 0.3 is 0 Å². The van der Waals surface area contributed by atoms with Gasteiger partial charge in [-0.2, -0.15) is 73.6 Å². The lowest BCUT2D eigenvalue weighted by molar-refractivity contribution is 0.453. The summed E-state index contributed by atoms with van der Waals surface area (Å²) in [4.78, 5) is 25.2. The molecule has 0 aromatic carbocycles. The SMILES string of the molecule is CCNc1cc(C2CCCNC2)nc2c(-c3cnn(C)c3)cnn12.Cn1cc(-c2cnn3c(NC(C)(C)C)cc(C4CCCNC4)nc23)cn1.Cn1cc(-c2cnn3c(NC4CCCC4)cc(C4CCCNC4)nc23)cn1.Cn1cc(-c2cnn3c(NC4CCCCC4)cc(C4CCCNC4)nc23)cn1.Cn1cc(-c2cnn3c(NCC4CCCC4)cc(C4CCCNC4)nc23)cn1. The molecule has 20 heterocycles. The van der Waals surface area contributed by atoms with E-state index in [1.807, 2.05) is 169 Å². The third kappa shape index (κ3) is 21.1. The Labute approximate surface area is 777 Å². The molecule has 35 heteroatoms. The first kappa shape index (κ1) is 90.1. The van der Waals surface area contributed by atoms with E-state index in [1.165, 1.54) is 165 Å². The molecular weight excluding hydrogens is 1670 g/mol. The minimum atomic E-state index is -0.0587. The van der Waals surface area contributed by atoms with Crippen molar-refractivity contribution in [3.8, 4) is 55.6 Å². The molecule has 0 amide bonds. The largest absolute Gasteiger partial charge is 0.370 e. The maximum atomic E-state index is 5.08. The second-order valence-electron chi connectivity index (χ2n) is 39.1. The van der Waals surface area contributed by atoms with E-state index < -0.39 is 0 Å². The number of rotatable bonds is 20. The lowest BCUT2D eigenvalue weighted by atomic mass is 9.94. The van der Waals surface area contributed by atoms with E-state index in [1.54, 1.807) is 4.68 Å². The van der Waals surface area contributed by atoms with Crippen molar-refractivity contribution in [2.24, 2.45) is 41.2 Å². The number of aromatic nitrogens is 25. The maximum absolute atomic E-state index is 5.08. The second kappa shape index (κ2) is 41.2. The van der Waals surface area contributed by atoms with Gasteiger partial charge in [0.1, 0.15) is 29.1 Å². The van der Waals surface area contributed by atoms with Gasteiger partial charge in [-0.1, -0.05) is 44.9 Å². The zero-order valence-corrected chi connectivity index (χ0v) is 79.1. The molecule has 133 heavy (non-hydrogen) atoms. The van der Waals surface area contributed by atoms with Crippen molar-refractivity contribution < 1.29 is 0 Å². The van der Waals surface area contributed by atoms with Gasteiger partial charge in [0.15, 0.2) is 28.2 Å². The van der Waals surface area contributed by atoms with Crippen LogP contribution in [0.25, 0.3) is 83.9 Å². The van der Waals surface area contributed by atoms with Crippen molar-refractivity contribution >= 4 is 57.3 Å². The van der Waals surface area contributed by atoms with Gasteiger partial charge in [0.05, 0.1) is 90.4 Å². The van der Waals surface area contributed by atoms with E-state index in [9.17, 15) is 0 Å². The Balaban J connectivity index is 0.000000107. The summed E-state index contributed by atoms with van der Waals surface area (Å²) in [7, 11) is 9.67. The van der Waals surface area contributed by atoms with Crippen LogP contribution < -0.4 is 53.2 Å². The van der Waals surface area contributed by atoms with Crippen LogP contribution in [0, 0.1) is 5.92 Å². The maximum Gasteiger partial charge on any atom is 0.165 e. The molecule has 0 spiro atoms. The third-order valence-electron chi connectivity index (χ3n) is 27.7. The Morgan fingerprint density at radius 1 is 0.301 bits per heavy atom. The number of nitrogens with one attached hydrogen (secondary N) is 10. The molecule has 0 radical (unpaired) electrons. The summed E-state index contributed by atoms with van der Waals surface area (Å²) >= 11 is 0. The molecule has 35 nitrogen and oxygen atoms in total. The van der Waals surface area contributed by atoms with Crippen molar-refractivity contribution in [2.75, 3.05) is 105 Å². The number of anilines is 5. The van der Waals surface area contributed by atoms with Gasteiger partial charge in [0, 0.05) is 245 Å². The fraction of sp³-hybridized carbons (Fsp3) is 0.541. The lowest BCUT2D eigenvalue weighted by Gasteiger charge is -2.26. The van der Waals surface area contributed by atoms with Gasteiger partial charge in [-0.25, -0.2) is 24.9 Å². The average molecular weight is 1800 g/mol. The Morgan fingerprint density at radius 2 is 0.564 bits per heavy atom. The molecule has 15 aromatic rings. The first-order valence-corrected chi connectivity index (χ1v) is 49.2. The zero-order valence-electron chi connectivity index (χ0n) is 79.1. The van der Waals surface area contributed by atoms with Crippen LogP contribution in [-0.2, 0) is 35.2 Å². The summed E-state index contributed by atoms with van der Waals surface area (Å²) in [6.07, 6.45) is 57.9. The summed E-state index contributed by atoms with van der Waals surface area (Å²) in [5.74, 6) is 8.24. The molecule has 3 saturated carbocycles. The fourth-order valence-electron chi connectivity index (χ4n) is 20.6. The number of aryl methyl sites for hydroxylation is 5. The molecule has 5 unspecified atom stereocenters. The molecule has 5 saturated heterocycles. The molecule has 702 valence electrons. The standard InChI is InChI=1S/2C21H29N7.C20H27N7.C19H27N7.C17H23N7/c1-27-14-17(12-24-27)18-13-25-28-20(23-10-15-5-2-3-6-15)9-19(26-21(18)28)16-7-4-8-22-11-16;1-27-14-16(12-23-27)18-13-24-28-20(25-17-7-3-2-4-8-17)10-19(26-21(18)28)15-6-5-9-22-11-15;1-26-13-15(11-22-26)17-12-23-27-19(24-16-6-2-3-7-16)9-18(25-20(17)27)14-5-4-8-21-10-14;1-19(2,3)24-17-8-16(13-6-5-7-20-9-13)23-18-15(11-22-26(17)18)14-10-21-25(4)12-14;1-3-19-16-7-15(12-5-4-6-18-8-12)22-17-14(10-21-24(16)17)13-9-20-23(2)11-13/h9,12-16,22-23H,2-8,10-11H2,1H3;10,12-15,17,22,25H,2-9,11H2,1H3;9,11-14,16,21,24H,2-8,10H2,1H3;8,10-13,20,24H,5-7,9H2,1-4H3;7,9-12,18-19H,3-6,8H2,1-2H3. The molecule has 10 N–H and O–H groups in total. The summed E-state index contributed by atoms with van der Waals surface area (Å²) in [6, 6.07) is 12.1. The van der Waals surface area contributed by atoms with Crippen molar-refractivity contribution in [2.45, 2.75) is 223 Å². The first-order chi connectivity index (χ1) is 65.0. The van der Waals surface area contributed by atoms with Crippen molar-refractivity contribution in [1.82, 2.24) is 148 Å². The summed E-state index contributed by atoms with van der Waals surface area (Å²) in [5.41, 5.74) is 20.7. The van der Waals surface area contributed by atoms with Crippen LogP contribution in [0.3, 0.4) is 0 Å². The smallest absolute Gasteiger partial charge is 0.165 e. The number of nitrogens with zero attached hydrogens (tertiary/aromatic N) is 25. The van der Waals surface area contributed by atoms with E-state index in [0.717, 1.165) is 209 Å². The highest BCUT2D eigenvalue weighted by Gasteiger charge is 2.31. The summed E-state index contributed by atoms with van der Waals surface area (Å²) in [6.45, 7) is 21.0. The Kier molecular flexibility index (Phi) is 27.9. The minimum Gasteiger partial charge on any atom is -0.370 e. The van der Waals surface area contributed by atoms with E-state index in [-0.39, 0.29) is 5.54 Å². The van der Waals surface area contributed by atoms with Crippen molar-refractivity contribution in [3.63, 3.8) is 0 Å². The van der Waals surface area contributed by atoms with Crippen LogP contribution in [0.15, 0.2) is 123 Å². The Bertz CT molecular complexity index is 6340. The van der Waals surface area contributed by atoms with Gasteiger partial charge in [0.2, 0.25) is 0 Å². The lowest BCUT2D eigenvalue weighted by Crippen LogP contribution is -2.30. The number of fused-ring (bicyclic) bond motifs is 5. The molecule has 5 aliphatic heterocycles. The molecule has 23 rings (SSSR count). The number of piperidine rings is 5. The number of hydrogen-bond acceptors (Lipinski definition) is 25. The molecule has 8 aliphatic rings. The topological polar surface area (TPSA) is 360 Å². The predicted octanol–water partition coefficient (Wildman–Crippen LogP) is 14.3. The monoisotopic (exact) mass is 1800 g/mol. The average Bonchev–Trinajstić information content (AvgIpc) is 1.64. The van der Waals surface area contributed by atoms with Gasteiger partial charge in [0.25, 0.3) is 0 Å². The van der Waals surface area contributed by atoms with Crippen LogP contribution in [0.1, 0.15) is 233 Å². The summed E-state index contributed by atoms with van der Waals surface area (Å²) in [5, 5.41) is 80.6. The van der Waals surface area contributed by atoms with Crippen LogP contribution in [-0.4, -0.2) is 218 Å². The molecule has 5 atom stereocenters. The molecule has 3 aliphatic carbocycles. The van der Waals surface area contributed by atoms with Gasteiger partial charge in [-0.3, -0.25) is 23.4 Å². The van der Waals surface area contributed by atoms with E-state index in [4.69, 9.17) is 30.0 Å². The van der Waals surface area contributed by atoms with E-state index in [2.05, 4.69) is 157 Å². The normalized spacial score (nSPS) is 20.0. The minimum absolute atomic E-state index is 0.0587. The van der Waals surface area contributed by atoms with E-state index in [0.29, 0.717) is 41.7 Å². The molecule has 15 aromatic heterocycles. The van der Waals surface area contributed by atoms with Gasteiger partial charge < -0.3 is 53.2 Å². The van der Waals surface area contributed by atoms with E-state index >= 15 is 0 Å². The van der Waals surface area contributed by atoms with Crippen molar-refractivity contribution in [3.05, 3.63) is 152 Å². The zero-order chi connectivity index (χ0) is 90.9. The highest BCUT2D eigenvalue weighted by molar-refractivity contribution is 5.82. The van der Waals surface area contributed by atoms with Gasteiger partial charge in [-0.15, -0.1) is 0 Å². The Hall–Kier alpha value is -12.1. The van der Waals surface area contributed by atoms with Gasteiger partial charge in [-0.05, 0) is 169 Å². The Morgan fingerprint density at radius 3 is 0.835 bits per heavy atom. The second-order valence-corrected chi connectivity index (χ2v) is 39.1. The highest BCUT2D eigenvalue weighted by atomic mass is 15.4. The molecular formula is C98H135N35. The fourth-order valence-corrected chi connectivity index (χ4v) is 20.6. The predicted molar refractivity (Wildman–Crippen MR) is 525 cm³/mol. The van der Waals surface area contributed by atoms with Crippen LogP contribution >= 0.6 is 0 Å². The highest BCUT2D eigenvalue weighted by Crippen LogP contribution is 2.39. The molecule has 0 bridgehead atoms. The van der Waals surface area contributed by atoms with Crippen LogP contribution in [0.4, 0.5) is 29.1 Å². The number of hydrogen-bond donors (Lipinski definition) is 10. The van der Waals surface area contributed by atoms with Crippen molar-refractivity contribution in [1.29, 1.82) is 0 Å². The van der Waals surface area contributed by atoms with Crippen LogP contribution in [0.5, 0.6) is 0 Å². The van der Waals surface area contributed by atoms with Crippen LogP contribution in [0.2, 0.25) is 0 Å². The quantitative estimate of drug-likeness (QED) is 0.0339. The first-order valence-electron chi connectivity index (χ1n) is 49.2. The third-order valence-corrected chi connectivity index (χ3v) is 27.7.